The van der Waals surface area contributed by atoms with E-state index in [2.05, 4.69) is 5.32 Å². The molecular formula is C9H16Cl3GeNO. The number of hydrogen-bond donors (Lipinski definition) is 1. The van der Waals surface area contributed by atoms with Gasteiger partial charge in [0.2, 0.25) is 0 Å². The van der Waals surface area contributed by atoms with Crippen molar-refractivity contribution in [1.82, 2.24) is 5.32 Å². The molecule has 6 heteroatoms. The molecule has 1 aliphatic carbocycles. The standard InChI is InChI=1S/C9H16Cl3GeNO/c10-13(11,12)7-6-9(15)14-8-4-2-1-3-5-8/h8H,1-7H2,(H,14,15). The maximum absolute atomic E-state index is 11.5. The van der Waals surface area contributed by atoms with Crippen LogP contribution in [0.3, 0.4) is 0 Å². The van der Waals surface area contributed by atoms with Gasteiger partial charge >= 0.3 is 106 Å². The minimum atomic E-state index is -3.09. The third kappa shape index (κ3) is 6.93. The molecule has 0 atom stereocenters. The average Bonchev–Trinajstić information content (AvgIpc) is 2.15. The molecule has 1 saturated carbocycles. The molecule has 1 rings (SSSR count). The summed E-state index contributed by atoms with van der Waals surface area (Å²) in [6.07, 6.45) is 6.28. The molecule has 0 bridgehead atoms. The second kappa shape index (κ2) is 6.58. The summed E-state index contributed by atoms with van der Waals surface area (Å²) in [5.41, 5.74) is 0. The Bertz CT molecular complexity index is 214. The summed E-state index contributed by atoms with van der Waals surface area (Å²) in [7, 11) is 14.2. The van der Waals surface area contributed by atoms with Crippen molar-refractivity contribution >= 4 is 46.4 Å². The van der Waals surface area contributed by atoms with Crippen molar-refractivity contribution in [3.63, 3.8) is 0 Å². The number of hydrogen-bond acceptors (Lipinski definition) is 1. The summed E-state index contributed by atoms with van der Waals surface area (Å²) in [6, 6.07) is 0.356. The van der Waals surface area contributed by atoms with E-state index in [1.165, 1.54) is 19.3 Å². The Morgan fingerprint density at radius 2 is 1.80 bits per heavy atom. The van der Waals surface area contributed by atoms with E-state index in [1.807, 2.05) is 0 Å². The summed E-state index contributed by atoms with van der Waals surface area (Å²) >= 11 is 0. The molecule has 0 heterocycles. The molecule has 1 N–H and O–H groups in total. The summed E-state index contributed by atoms with van der Waals surface area (Å²) in [6.45, 7) is 0. The molecule has 1 fully saturated rings. The minimum absolute atomic E-state index is 0.0406. The number of nitrogens with one attached hydrogen (secondary N) is 1. The van der Waals surface area contributed by atoms with Crippen LogP contribution in [0.25, 0.3) is 0 Å². The first-order valence-electron chi connectivity index (χ1n) is 5.33. The second-order valence-corrected chi connectivity index (χ2v) is 20.7. The molecule has 1 amide bonds. The topological polar surface area (TPSA) is 29.1 Å². The Labute approximate surface area is 106 Å². The van der Waals surface area contributed by atoms with Crippen LogP contribution in [0.4, 0.5) is 0 Å². The SMILES string of the molecule is O=C(C[CH2][Ge]([Cl])([Cl])[Cl])NC1CCCCC1. The zero-order chi connectivity index (χ0) is 11.3. The van der Waals surface area contributed by atoms with Gasteiger partial charge in [-0.15, -0.1) is 0 Å². The van der Waals surface area contributed by atoms with Crippen LogP contribution >= 0.6 is 30.0 Å². The van der Waals surface area contributed by atoms with E-state index in [0.717, 1.165) is 12.8 Å². The van der Waals surface area contributed by atoms with Crippen LogP contribution in [0.5, 0.6) is 0 Å². The fraction of sp³-hybridized carbons (Fsp3) is 0.889. The number of rotatable bonds is 4. The van der Waals surface area contributed by atoms with Crippen LogP contribution in [-0.2, 0) is 4.79 Å². The van der Waals surface area contributed by atoms with E-state index >= 15 is 0 Å². The van der Waals surface area contributed by atoms with Crippen LogP contribution in [0.2, 0.25) is 5.25 Å². The molecule has 0 aromatic heterocycles. The van der Waals surface area contributed by atoms with Gasteiger partial charge in [-0.3, -0.25) is 0 Å². The Morgan fingerprint density at radius 3 is 2.33 bits per heavy atom. The monoisotopic (exact) mass is 333 g/mol. The average molecular weight is 333 g/mol. The quantitative estimate of drug-likeness (QED) is 0.784. The number of carbonyl (C=O) groups excluding carboxylic acids is 1. The molecule has 88 valence electrons. The Hall–Kier alpha value is 0.883. The van der Waals surface area contributed by atoms with Crippen molar-refractivity contribution < 1.29 is 4.79 Å². The van der Waals surface area contributed by atoms with Crippen molar-refractivity contribution in [3.05, 3.63) is 0 Å². The van der Waals surface area contributed by atoms with E-state index in [9.17, 15) is 4.79 Å². The van der Waals surface area contributed by atoms with Crippen LogP contribution in [0.1, 0.15) is 38.5 Å². The zero-order valence-electron chi connectivity index (χ0n) is 8.57. The Kier molecular flexibility index (Phi) is 6.12. The molecule has 0 saturated heterocycles. The molecule has 0 spiro atoms. The molecule has 0 unspecified atom stereocenters. The van der Waals surface area contributed by atoms with Crippen molar-refractivity contribution in [3.8, 4) is 0 Å². The van der Waals surface area contributed by atoms with E-state index in [-0.39, 0.29) is 5.91 Å². The number of halogens is 3. The summed E-state index contributed by atoms with van der Waals surface area (Å²) in [5.74, 6) is 0.0406. The van der Waals surface area contributed by atoms with Crippen molar-refractivity contribution in [2.45, 2.75) is 49.8 Å². The van der Waals surface area contributed by atoms with Crippen LogP contribution < -0.4 is 5.32 Å². The molecule has 15 heavy (non-hydrogen) atoms. The number of carbonyl (C=O) groups is 1. The predicted molar refractivity (Wildman–Crippen MR) is 67.8 cm³/mol. The van der Waals surface area contributed by atoms with Gasteiger partial charge in [0.05, 0.1) is 0 Å². The van der Waals surface area contributed by atoms with E-state index in [4.69, 9.17) is 30.0 Å². The fourth-order valence-electron chi connectivity index (χ4n) is 1.80. The normalized spacial score (nSPS) is 18.9. The van der Waals surface area contributed by atoms with Gasteiger partial charge in [0.25, 0.3) is 0 Å². The van der Waals surface area contributed by atoms with Gasteiger partial charge in [-0.2, -0.15) is 0 Å². The number of amides is 1. The molecule has 2 nitrogen and oxygen atoms in total. The van der Waals surface area contributed by atoms with E-state index in [0.29, 0.717) is 17.7 Å². The van der Waals surface area contributed by atoms with Gasteiger partial charge in [0.15, 0.2) is 0 Å². The van der Waals surface area contributed by atoms with Gasteiger partial charge in [0, 0.05) is 0 Å². The summed E-state index contributed by atoms with van der Waals surface area (Å²) < 4.78 is 0. The third-order valence-corrected chi connectivity index (χ3v) is 7.27. The third-order valence-electron chi connectivity index (χ3n) is 2.61. The van der Waals surface area contributed by atoms with Crippen LogP contribution in [-0.4, -0.2) is 22.4 Å². The fourth-order valence-corrected chi connectivity index (χ4v) is 4.35. The predicted octanol–water partition coefficient (Wildman–Crippen LogP) is 3.48. The van der Waals surface area contributed by atoms with Gasteiger partial charge in [-0.25, -0.2) is 0 Å². The zero-order valence-corrected chi connectivity index (χ0v) is 12.9. The Morgan fingerprint density at radius 1 is 1.20 bits per heavy atom. The van der Waals surface area contributed by atoms with Crippen molar-refractivity contribution in [1.29, 1.82) is 0 Å². The van der Waals surface area contributed by atoms with Gasteiger partial charge in [-0.05, 0) is 0 Å². The molecule has 0 aromatic rings. The second-order valence-electron chi connectivity index (χ2n) is 4.02. The molecule has 0 aliphatic heterocycles. The first-order chi connectivity index (χ1) is 6.97. The van der Waals surface area contributed by atoms with Gasteiger partial charge in [0.1, 0.15) is 0 Å². The van der Waals surface area contributed by atoms with Gasteiger partial charge in [-0.1, -0.05) is 0 Å². The van der Waals surface area contributed by atoms with Crippen molar-refractivity contribution in [2.75, 3.05) is 0 Å². The van der Waals surface area contributed by atoms with E-state index < -0.39 is 10.5 Å². The first kappa shape index (κ1) is 13.9. The van der Waals surface area contributed by atoms with Crippen molar-refractivity contribution in [2.24, 2.45) is 0 Å². The van der Waals surface area contributed by atoms with Crippen LogP contribution in [0.15, 0.2) is 0 Å². The van der Waals surface area contributed by atoms with Crippen LogP contribution in [0, 0.1) is 0 Å². The Balaban J connectivity index is 2.17. The summed E-state index contributed by atoms with van der Waals surface area (Å²) in [5, 5.41) is 3.47. The van der Waals surface area contributed by atoms with E-state index in [1.54, 1.807) is 0 Å². The molecule has 0 radical (unpaired) electrons. The first-order valence-corrected chi connectivity index (χ1v) is 15.1. The maximum atomic E-state index is 11.5. The molecular weight excluding hydrogens is 317 g/mol. The van der Waals surface area contributed by atoms with Gasteiger partial charge < -0.3 is 0 Å². The molecule has 1 aliphatic rings. The molecule has 0 aromatic carbocycles. The summed E-state index contributed by atoms with van der Waals surface area (Å²) in [4.78, 5) is 11.5.